The van der Waals surface area contributed by atoms with Gasteiger partial charge in [-0.05, 0) is 60.7 Å². The summed E-state index contributed by atoms with van der Waals surface area (Å²) in [5.41, 5.74) is 2.01. The van der Waals surface area contributed by atoms with Crippen molar-refractivity contribution in [2.75, 3.05) is 39.5 Å². The zero-order chi connectivity index (χ0) is 32.0. The van der Waals surface area contributed by atoms with Crippen LogP contribution in [0, 0.1) is 0 Å². The summed E-state index contributed by atoms with van der Waals surface area (Å²) < 4.78 is 10.2. The molecule has 4 aromatic carbocycles. The van der Waals surface area contributed by atoms with Gasteiger partial charge in [-0.15, -0.1) is 0 Å². The van der Waals surface area contributed by atoms with Crippen molar-refractivity contribution in [3.05, 3.63) is 95.1 Å². The molecule has 0 spiro atoms. The van der Waals surface area contributed by atoms with Gasteiger partial charge < -0.3 is 9.47 Å². The minimum atomic E-state index is -0.829. The lowest BCUT2D eigenvalue weighted by molar-refractivity contribution is -0.295. The monoisotopic (exact) mass is 624 g/mol. The Kier molecular flexibility index (Phi) is 9.32. The van der Waals surface area contributed by atoms with Crippen molar-refractivity contribution < 1.29 is 43.2 Å². The number of imide groups is 2. The van der Waals surface area contributed by atoms with Crippen LogP contribution in [0.4, 0.5) is 4.79 Å². The molecule has 0 atom stereocenters. The number of hydrogen-bond donors (Lipinski definition) is 0. The lowest BCUT2D eigenvalue weighted by Crippen LogP contribution is -2.41. The van der Waals surface area contributed by atoms with Gasteiger partial charge in [0.15, 0.2) is 0 Å². The number of benzene rings is 4. The maximum Gasteiger partial charge on any atom is 0.508 e. The standard InChI is InChI=1S/C35H32N2O9/c38-31-25-13-3-9-23-10-4-14-26(29(23)25)32(39)36(31)17-7-20-44-35(42)43-19-1-2-21-45-46-22-8-18-37-33(40)27-15-5-11-24-12-6-16-28(30(24)27)34(37)41/h3-6,9-16H,1-2,7-8,17-22H2. The van der Waals surface area contributed by atoms with Crippen LogP contribution in [-0.2, 0) is 19.2 Å². The molecule has 11 nitrogen and oxygen atoms in total. The first kappa shape index (κ1) is 30.9. The highest BCUT2D eigenvalue weighted by molar-refractivity contribution is 6.26. The second-order valence-electron chi connectivity index (χ2n) is 10.9. The van der Waals surface area contributed by atoms with Gasteiger partial charge in [-0.25, -0.2) is 14.6 Å². The Morgan fingerprint density at radius 2 is 0.826 bits per heavy atom. The Bertz CT molecular complexity index is 1730. The number of carbonyl (C=O) groups is 5. The fourth-order valence-corrected chi connectivity index (χ4v) is 5.80. The van der Waals surface area contributed by atoms with E-state index in [0.29, 0.717) is 52.3 Å². The number of unbranched alkanes of at least 4 members (excludes halogenated alkanes) is 1. The van der Waals surface area contributed by atoms with Gasteiger partial charge in [-0.1, -0.05) is 48.5 Å². The second kappa shape index (κ2) is 13.9. The molecule has 6 rings (SSSR count). The third-order valence-corrected chi connectivity index (χ3v) is 7.99. The maximum absolute atomic E-state index is 12.9. The molecular formula is C35H32N2O9. The lowest BCUT2D eigenvalue weighted by Gasteiger charge is -2.27. The Morgan fingerprint density at radius 3 is 1.26 bits per heavy atom. The molecule has 2 heterocycles. The Labute approximate surface area is 264 Å². The van der Waals surface area contributed by atoms with E-state index >= 15 is 0 Å². The first-order valence-electron chi connectivity index (χ1n) is 15.3. The fourth-order valence-electron chi connectivity index (χ4n) is 5.80. The first-order valence-corrected chi connectivity index (χ1v) is 15.3. The second-order valence-corrected chi connectivity index (χ2v) is 10.9. The summed E-state index contributed by atoms with van der Waals surface area (Å²) >= 11 is 0. The van der Waals surface area contributed by atoms with E-state index in [1.807, 2.05) is 36.4 Å². The molecule has 0 saturated heterocycles. The van der Waals surface area contributed by atoms with Crippen molar-refractivity contribution in [2.45, 2.75) is 25.7 Å². The zero-order valence-corrected chi connectivity index (χ0v) is 25.1. The number of carbonyl (C=O) groups excluding carboxylic acids is 5. The number of rotatable bonds is 14. The van der Waals surface area contributed by atoms with E-state index in [1.165, 1.54) is 9.80 Å². The molecule has 2 aliphatic rings. The van der Waals surface area contributed by atoms with Crippen LogP contribution in [0.3, 0.4) is 0 Å². The van der Waals surface area contributed by atoms with E-state index in [2.05, 4.69) is 0 Å². The maximum atomic E-state index is 12.9. The van der Waals surface area contributed by atoms with Crippen LogP contribution in [-0.4, -0.2) is 79.1 Å². The number of ether oxygens (including phenoxy) is 2. The van der Waals surface area contributed by atoms with Gasteiger partial charge in [0, 0.05) is 46.1 Å². The minimum Gasteiger partial charge on any atom is -0.434 e. The van der Waals surface area contributed by atoms with Crippen LogP contribution in [0.25, 0.3) is 21.5 Å². The third-order valence-electron chi connectivity index (χ3n) is 7.99. The largest absolute Gasteiger partial charge is 0.508 e. The highest BCUT2D eigenvalue weighted by Gasteiger charge is 2.33. The van der Waals surface area contributed by atoms with E-state index in [0.717, 1.165) is 10.8 Å². The van der Waals surface area contributed by atoms with Gasteiger partial charge in [0.05, 0.1) is 26.4 Å². The molecule has 4 aromatic rings. The van der Waals surface area contributed by atoms with Crippen LogP contribution in [0.5, 0.6) is 0 Å². The average molecular weight is 625 g/mol. The molecule has 2 aliphatic heterocycles. The summed E-state index contributed by atoms with van der Waals surface area (Å²) in [6, 6.07) is 21.6. The Morgan fingerprint density at radius 1 is 0.478 bits per heavy atom. The summed E-state index contributed by atoms with van der Waals surface area (Å²) in [6.45, 7) is 0.903. The molecule has 0 N–H and O–H groups in total. The topological polar surface area (TPSA) is 129 Å². The zero-order valence-electron chi connectivity index (χ0n) is 25.1. The third kappa shape index (κ3) is 6.19. The molecule has 0 aliphatic carbocycles. The van der Waals surface area contributed by atoms with Crippen LogP contribution >= 0.6 is 0 Å². The normalized spacial score (nSPS) is 14.0. The lowest BCUT2D eigenvalue weighted by atomic mass is 9.94. The minimum absolute atomic E-state index is 0.00445. The highest BCUT2D eigenvalue weighted by atomic mass is 17.2. The molecule has 0 radical (unpaired) electrons. The number of nitrogens with zero attached hydrogens (tertiary/aromatic N) is 2. The van der Waals surface area contributed by atoms with Gasteiger partial charge >= 0.3 is 6.16 Å². The van der Waals surface area contributed by atoms with Crippen molar-refractivity contribution in [3.63, 3.8) is 0 Å². The molecule has 4 amide bonds. The molecule has 0 fully saturated rings. The molecule has 0 saturated carbocycles. The van der Waals surface area contributed by atoms with Crippen LogP contribution < -0.4 is 0 Å². The molecule has 0 aromatic heterocycles. The predicted octanol–water partition coefficient (Wildman–Crippen LogP) is 5.55. The van der Waals surface area contributed by atoms with Crippen LogP contribution in [0.1, 0.15) is 67.1 Å². The van der Waals surface area contributed by atoms with Gasteiger partial charge in [0.25, 0.3) is 23.6 Å². The van der Waals surface area contributed by atoms with Crippen molar-refractivity contribution in [1.82, 2.24) is 9.80 Å². The van der Waals surface area contributed by atoms with Crippen LogP contribution in [0.15, 0.2) is 72.8 Å². The summed E-state index contributed by atoms with van der Waals surface area (Å²) in [5.74, 6) is -1.35. The molecule has 0 bridgehead atoms. The van der Waals surface area contributed by atoms with Gasteiger partial charge in [0.1, 0.15) is 0 Å². The molecular weight excluding hydrogens is 592 g/mol. The van der Waals surface area contributed by atoms with Crippen molar-refractivity contribution in [3.8, 4) is 0 Å². The van der Waals surface area contributed by atoms with Gasteiger partial charge in [-0.3, -0.25) is 29.0 Å². The summed E-state index contributed by atoms with van der Waals surface area (Å²) in [4.78, 5) is 76.4. The SMILES string of the molecule is O=C(OCCCCOOCCCN1C(=O)c2cccc3cccc(c23)C1=O)OCCCN1C(=O)c2cccc3cccc(c23)C1=O. The van der Waals surface area contributed by atoms with Crippen molar-refractivity contribution in [1.29, 1.82) is 0 Å². The van der Waals surface area contributed by atoms with Crippen molar-refractivity contribution in [2.24, 2.45) is 0 Å². The van der Waals surface area contributed by atoms with Crippen LogP contribution in [0.2, 0.25) is 0 Å². The Balaban J connectivity index is 0.810. The van der Waals surface area contributed by atoms with E-state index in [9.17, 15) is 24.0 Å². The first-order chi connectivity index (χ1) is 22.5. The van der Waals surface area contributed by atoms with Gasteiger partial charge in [0.2, 0.25) is 0 Å². The Hall–Kier alpha value is -5.13. The molecule has 0 unspecified atom stereocenters. The quantitative estimate of drug-likeness (QED) is 0.0583. The summed E-state index contributed by atoms with van der Waals surface area (Å²) in [7, 11) is 0. The summed E-state index contributed by atoms with van der Waals surface area (Å²) in [5, 5.41) is 3.07. The molecule has 236 valence electrons. The number of hydrogen-bond acceptors (Lipinski definition) is 9. The van der Waals surface area contributed by atoms with E-state index in [1.54, 1.807) is 36.4 Å². The van der Waals surface area contributed by atoms with Crippen molar-refractivity contribution >= 4 is 51.3 Å². The molecule has 46 heavy (non-hydrogen) atoms. The average Bonchev–Trinajstić information content (AvgIpc) is 3.07. The predicted molar refractivity (Wildman–Crippen MR) is 166 cm³/mol. The van der Waals surface area contributed by atoms with E-state index in [-0.39, 0.29) is 69.6 Å². The van der Waals surface area contributed by atoms with Gasteiger partial charge in [-0.2, -0.15) is 0 Å². The summed E-state index contributed by atoms with van der Waals surface area (Å²) in [6.07, 6.45) is 0.934. The van der Waals surface area contributed by atoms with E-state index in [4.69, 9.17) is 19.2 Å². The smallest absolute Gasteiger partial charge is 0.434 e. The highest BCUT2D eigenvalue weighted by Crippen LogP contribution is 2.31. The molecule has 11 heteroatoms. The number of amides is 4. The fraction of sp³-hybridized carbons (Fsp3) is 0.286. The van der Waals surface area contributed by atoms with E-state index < -0.39 is 6.16 Å².